The minimum Gasteiger partial charge on any atom is -0.444 e. The van der Waals surface area contributed by atoms with Gasteiger partial charge in [-0.05, 0) is 80.2 Å². The van der Waals surface area contributed by atoms with E-state index in [0.717, 1.165) is 35.3 Å². The van der Waals surface area contributed by atoms with Crippen LogP contribution in [0, 0.1) is 0 Å². The Hall–Kier alpha value is -3.58. The number of rotatable bonds is 2. The summed E-state index contributed by atoms with van der Waals surface area (Å²) in [5, 5.41) is 5.23. The highest BCUT2D eigenvalue weighted by Gasteiger charge is 2.32. The molecular weight excluding hydrogens is 500 g/mol. The molecule has 1 aromatic heterocycles. The molecule has 3 aromatic rings. The molecule has 6 rings (SSSR count). The van der Waals surface area contributed by atoms with Crippen molar-refractivity contribution < 1.29 is 14.3 Å². The minimum absolute atomic E-state index is 0.0317. The molecule has 8 heteroatoms. The van der Waals surface area contributed by atoms with E-state index in [1.54, 1.807) is 4.90 Å². The Morgan fingerprint density at radius 3 is 2.55 bits per heavy atom. The predicted molar refractivity (Wildman–Crippen MR) is 147 cm³/mol. The zero-order valence-corrected chi connectivity index (χ0v) is 22.7. The molecule has 0 N–H and O–H groups in total. The van der Waals surface area contributed by atoms with E-state index in [9.17, 15) is 9.59 Å². The molecule has 2 aromatic carbocycles. The van der Waals surface area contributed by atoms with Gasteiger partial charge in [0.15, 0.2) is 0 Å². The topological polar surface area (TPSA) is 67.7 Å². The molecule has 0 fully saturated rings. The standard InChI is InChI=1S/C30H31ClN4O3/c1-30(2,3)38-29(37)34-12-10-23-21(17-34)14-19-8-9-20(15-24(19)23)28(36)33-13-11-26-22(18-33)16-32-35(26)27-7-5-4-6-25(27)31/h4-9,15-16H,10-14,17-18H2,1-3H3. The van der Waals surface area contributed by atoms with Crippen LogP contribution < -0.4 is 0 Å². The lowest BCUT2D eigenvalue weighted by molar-refractivity contribution is 0.0264. The van der Waals surface area contributed by atoms with Gasteiger partial charge in [-0.15, -0.1) is 0 Å². The number of ether oxygens (including phenoxy) is 1. The molecule has 1 aliphatic carbocycles. The Labute approximate surface area is 227 Å². The maximum absolute atomic E-state index is 13.6. The van der Waals surface area contributed by atoms with E-state index in [-0.39, 0.29) is 12.0 Å². The number of fused-ring (bicyclic) bond motifs is 3. The predicted octanol–water partition coefficient (Wildman–Crippen LogP) is 5.67. The van der Waals surface area contributed by atoms with Gasteiger partial charge < -0.3 is 14.5 Å². The first-order chi connectivity index (χ1) is 18.2. The summed E-state index contributed by atoms with van der Waals surface area (Å²) in [6.07, 6.45) is 3.88. The van der Waals surface area contributed by atoms with Gasteiger partial charge in [0, 0.05) is 43.7 Å². The minimum atomic E-state index is -0.512. The van der Waals surface area contributed by atoms with E-state index < -0.39 is 5.60 Å². The van der Waals surface area contributed by atoms with Gasteiger partial charge in [-0.25, -0.2) is 9.48 Å². The second-order valence-electron chi connectivity index (χ2n) is 11.2. The average molecular weight is 531 g/mol. The summed E-state index contributed by atoms with van der Waals surface area (Å²) >= 11 is 6.41. The molecule has 3 heterocycles. The number of hydrogen-bond donors (Lipinski definition) is 0. The Morgan fingerprint density at radius 1 is 0.974 bits per heavy atom. The largest absolute Gasteiger partial charge is 0.444 e. The van der Waals surface area contributed by atoms with Crippen molar-refractivity contribution >= 4 is 29.2 Å². The second kappa shape index (κ2) is 9.31. The first kappa shape index (κ1) is 24.7. The Morgan fingerprint density at radius 2 is 1.76 bits per heavy atom. The number of carbonyl (C=O) groups excluding carboxylic acids is 2. The number of benzene rings is 2. The number of aromatic nitrogens is 2. The maximum atomic E-state index is 13.6. The van der Waals surface area contributed by atoms with E-state index in [4.69, 9.17) is 16.3 Å². The number of nitrogens with zero attached hydrogens (tertiary/aromatic N) is 4. The lowest BCUT2D eigenvalue weighted by Crippen LogP contribution is -2.40. The molecule has 0 spiro atoms. The summed E-state index contributed by atoms with van der Waals surface area (Å²) in [6.45, 7) is 8.00. The van der Waals surface area contributed by atoms with Crippen molar-refractivity contribution in [3.05, 3.63) is 87.2 Å². The fourth-order valence-corrected chi connectivity index (χ4v) is 5.91. The summed E-state index contributed by atoms with van der Waals surface area (Å²) in [5.41, 5.74) is 8.09. The fraction of sp³-hybridized carbons (Fsp3) is 0.367. The highest BCUT2D eigenvalue weighted by atomic mass is 35.5. The van der Waals surface area contributed by atoms with Gasteiger partial charge in [0.25, 0.3) is 5.91 Å². The molecular formula is C30H31ClN4O3. The van der Waals surface area contributed by atoms with Crippen LogP contribution in [-0.2, 0) is 24.1 Å². The van der Waals surface area contributed by atoms with Crippen molar-refractivity contribution in [2.45, 2.75) is 52.2 Å². The van der Waals surface area contributed by atoms with E-state index in [0.29, 0.717) is 43.2 Å². The van der Waals surface area contributed by atoms with Gasteiger partial charge in [0.2, 0.25) is 0 Å². The van der Waals surface area contributed by atoms with Crippen LogP contribution in [0.3, 0.4) is 0 Å². The Balaban J connectivity index is 1.18. The molecule has 2 aliphatic heterocycles. The molecule has 3 aliphatic rings. The van der Waals surface area contributed by atoms with Gasteiger partial charge in [-0.1, -0.05) is 29.8 Å². The molecule has 196 valence electrons. The van der Waals surface area contributed by atoms with Gasteiger partial charge in [-0.3, -0.25) is 4.79 Å². The Bertz CT molecular complexity index is 1480. The SMILES string of the molecule is CC(C)(C)OC(=O)N1CCC2=C(Cc3ccc(C(=O)N4CCc5c(cnn5-c5ccccc5Cl)C4)cc32)C1. The number of para-hydroxylation sites is 1. The highest BCUT2D eigenvalue weighted by molar-refractivity contribution is 6.32. The Kier molecular flexibility index (Phi) is 6.06. The van der Waals surface area contributed by atoms with Crippen molar-refractivity contribution in [3.8, 4) is 5.69 Å². The third-order valence-electron chi connectivity index (χ3n) is 7.48. The third-order valence-corrected chi connectivity index (χ3v) is 7.80. The van der Waals surface area contributed by atoms with Crippen molar-refractivity contribution in [3.63, 3.8) is 0 Å². The monoisotopic (exact) mass is 530 g/mol. The summed E-state index contributed by atoms with van der Waals surface area (Å²) < 4.78 is 7.48. The van der Waals surface area contributed by atoms with Crippen LogP contribution in [0.5, 0.6) is 0 Å². The normalized spacial score (nSPS) is 16.7. The van der Waals surface area contributed by atoms with Crippen molar-refractivity contribution in [1.82, 2.24) is 19.6 Å². The van der Waals surface area contributed by atoms with E-state index in [1.165, 1.54) is 16.7 Å². The zero-order chi connectivity index (χ0) is 26.6. The van der Waals surface area contributed by atoms with E-state index in [2.05, 4.69) is 11.2 Å². The van der Waals surface area contributed by atoms with Crippen molar-refractivity contribution in [2.24, 2.45) is 0 Å². The first-order valence-corrected chi connectivity index (χ1v) is 13.5. The first-order valence-electron chi connectivity index (χ1n) is 13.1. The van der Waals surface area contributed by atoms with Gasteiger partial charge in [0.05, 0.1) is 22.6 Å². The third kappa shape index (κ3) is 4.49. The fourth-order valence-electron chi connectivity index (χ4n) is 5.69. The van der Waals surface area contributed by atoms with E-state index in [1.807, 2.05) is 72.9 Å². The molecule has 0 unspecified atom stereocenters. The van der Waals surface area contributed by atoms with Crippen LogP contribution in [0.2, 0.25) is 5.02 Å². The molecule has 0 saturated carbocycles. The second-order valence-corrected chi connectivity index (χ2v) is 11.6. The average Bonchev–Trinajstić information content (AvgIpc) is 3.47. The summed E-state index contributed by atoms with van der Waals surface area (Å²) in [7, 11) is 0. The van der Waals surface area contributed by atoms with Crippen LogP contribution in [0.1, 0.15) is 59.9 Å². The number of hydrogen-bond acceptors (Lipinski definition) is 4. The van der Waals surface area contributed by atoms with Gasteiger partial charge in [-0.2, -0.15) is 5.10 Å². The van der Waals surface area contributed by atoms with Crippen LogP contribution in [0.4, 0.5) is 4.79 Å². The number of halogens is 1. The molecule has 0 saturated heterocycles. The van der Waals surface area contributed by atoms with E-state index >= 15 is 0 Å². The molecule has 0 atom stereocenters. The lowest BCUT2D eigenvalue weighted by atomic mass is 9.97. The van der Waals surface area contributed by atoms with Crippen LogP contribution in [-0.4, -0.2) is 56.8 Å². The number of carbonyl (C=O) groups is 2. The number of amides is 2. The van der Waals surface area contributed by atoms with Gasteiger partial charge in [0.1, 0.15) is 5.60 Å². The molecule has 2 amide bonds. The smallest absolute Gasteiger partial charge is 0.410 e. The van der Waals surface area contributed by atoms with Crippen molar-refractivity contribution in [1.29, 1.82) is 0 Å². The molecule has 38 heavy (non-hydrogen) atoms. The van der Waals surface area contributed by atoms with Gasteiger partial charge >= 0.3 is 6.09 Å². The molecule has 7 nitrogen and oxygen atoms in total. The summed E-state index contributed by atoms with van der Waals surface area (Å²) in [6, 6.07) is 13.7. The summed E-state index contributed by atoms with van der Waals surface area (Å²) in [5.74, 6) is 0.0317. The molecule has 0 bridgehead atoms. The van der Waals surface area contributed by atoms with Crippen LogP contribution in [0.25, 0.3) is 11.3 Å². The van der Waals surface area contributed by atoms with Crippen molar-refractivity contribution in [2.75, 3.05) is 19.6 Å². The van der Waals surface area contributed by atoms with Crippen LogP contribution in [0.15, 0.2) is 54.2 Å². The zero-order valence-electron chi connectivity index (χ0n) is 22.0. The summed E-state index contributed by atoms with van der Waals surface area (Å²) in [4.78, 5) is 29.9. The maximum Gasteiger partial charge on any atom is 0.410 e. The molecule has 0 radical (unpaired) electrons. The highest BCUT2D eigenvalue weighted by Crippen LogP contribution is 2.39. The quantitative estimate of drug-likeness (QED) is 0.428. The lowest BCUT2D eigenvalue weighted by Gasteiger charge is -2.31. The van der Waals surface area contributed by atoms with Crippen LogP contribution >= 0.6 is 11.6 Å².